The number of rotatable bonds is 4. The molecular weight excluding hydrogens is 274 g/mol. The Hall–Kier alpha value is -2.42. The summed E-state index contributed by atoms with van der Waals surface area (Å²) in [7, 11) is 3.36. The average molecular weight is 295 g/mol. The minimum absolute atomic E-state index is 0.758. The van der Waals surface area contributed by atoms with E-state index in [1.807, 2.05) is 6.07 Å². The van der Waals surface area contributed by atoms with Gasteiger partial charge in [-0.1, -0.05) is 29.8 Å². The standard InChI is InChI=1S/C19H21NO2/c1-5-20-16-11-13-7-9-17(21-3)19(22-4)18(13)15-10-12(2)6-8-14(15)16/h6-11,20H,5H2,1-4H3. The molecule has 0 saturated carbocycles. The van der Waals surface area contributed by atoms with E-state index < -0.39 is 0 Å². The molecule has 3 aromatic carbocycles. The molecule has 22 heavy (non-hydrogen) atoms. The fourth-order valence-electron chi connectivity index (χ4n) is 3.01. The maximum atomic E-state index is 5.65. The molecular formula is C19H21NO2. The van der Waals surface area contributed by atoms with Gasteiger partial charge in [-0.25, -0.2) is 0 Å². The highest BCUT2D eigenvalue weighted by molar-refractivity contribution is 6.16. The summed E-state index contributed by atoms with van der Waals surface area (Å²) in [6.07, 6.45) is 0. The Bertz CT molecular complexity index is 840. The average Bonchev–Trinajstić information content (AvgIpc) is 2.53. The Morgan fingerprint density at radius 3 is 2.45 bits per heavy atom. The number of hydrogen-bond donors (Lipinski definition) is 1. The lowest BCUT2D eigenvalue weighted by Gasteiger charge is -2.16. The largest absolute Gasteiger partial charge is 0.493 e. The van der Waals surface area contributed by atoms with Crippen molar-refractivity contribution in [3.8, 4) is 11.5 Å². The first kappa shape index (κ1) is 14.5. The molecule has 0 saturated heterocycles. The van der Waals surface area contributed by atoms with Crippen LogP contribution in [0, 0.1) is 6.92 Å². The molecule has 0 heterocycles. The molecule has 3 rings (SSSR count). The van der Waals surface area contributed by atoms with Gasteiger partial charge in [-0.05, 0) is 36.8 Å². The Morgan fingerprint density at radius 1 is 0.955 bits per heavy atom. The third kappa shape index (κ3) is 2.23. The molecule has 0 bridgehead atoms. The maximum Gasteiger partial charge on any atom is 0.169 e. The lowest BCUT2D eigenvalue weighted by atomic mass is 9.97. The normalized spacial score (nSPS) is 10.9. The SMILES string of the molecule is CCNc1cc2ccc(OC)c(OC)c2c2cc(C)ccc12. The number of methoxy groups -OCH3 is 2. The van der Waals surface area contributed by atoms with Crippen LogP contribution < -0.4 is 14.8 Å². The maximum absolute atomic E-state index is 5.65. The summed E-state index contributed by atoms with van der Waals surface area (Å²) in [5.41, 5.74) is 2.38. The molecule has 0 aliphatic rings. The van der Waals surface area contributed by atoms with Gasteiger partial charge >= 0.3 is 0 Å². The van der Waals surface area contributed by atoms with Crippen LogP contribution >= 0.6 is 0 Å². The number of nitrogens with one attached hydrogen (secondary N) is 1. The lowest BCUT2D eigenvalue weighted by Crippen LogP contribution is -1.99. The molecule has 3 nitrogen and oxygen atoms in total. The minimum atomic E-state index is 0.758. The molecule has 0 aromatic heterocycles. The Labute approximate surface area is 130 Å². The van der Waals surface area contributed by atoms with Crippen LogP contribution in [-0.4, -0.2) is 20.8 Å². The van der Waals surface area contributed by atoms with Crippen molar-refractivity contribution in [1.82, 2.24) is 0 Å². The Kier molecular flexibility index (Phi) is 3.80. The smallest absolute Gasteiger partial charge is 0.169 e. The molecule has 0 fully saturated rings. The molecule has 0 atom stereocenters. The summed E-state index contributed by atoms with van der Waals surface area (Å²) >= 11 is 0. The van der Waals surface area contributed by atoms with Gasteiger partial charge < -0.3 is 14.8 Å². The van der Waals surface area contributed by atoms with Gasteiger partial charge in [-0.15, -0.1) is 0 Å². The highest BCUT2D eigenvalue weighted by Crippen LogP contribution is 2.42. The predicted molar refractivity (Wildman–Crippen MR) is 93.5 cm³/mol. The zero-order chi connectivity index (χ0) is 15.7. The van der Waals surface area contributed by atoms with Gasteiger partial charge in [0.05, 0.1) is 14.2 Å². The molecule has 0 aliphatic carbocycles. The summed E-state index contributed by atoms with van der Waals surface area (Å²) in [6, 6.07) is 12.7. The van der Waals surface area contributed by atoms with Crippen LogP contribution in [0.25, 0.3) is 21.5 Å². The fourth-order valence-corrected chi connectivity index (χ4v) is 3.01. The fraction of sp³-hybridized carbons (Fsp3) is 0.263. The second kappa shape index (κ2) is 5.76. The summed E-state index contributed by atoms with van der Waals surface area (Å²) in [5, 5.41) is 8.09. The van der Waals surface area contributed by atoms with Crippen molar-refractivity contribution in [2.45, 2.75) is 13.8 Å². The number of anilines is 1. The quantitative estimate of drug-likeness (QED) is 0.704. The van der Waals surface area contributed by atoms with Crippen molar-refractivity contribution < 1.29 is 9.47 Å². The first-order chi connectivity index (χ1) is 10.7. The summed E-state index contributed by atoms with van der Waals surface area (Å²) < 4.78 is 11.1. The summed E-state index contributed by atoms with van der Waals surface area (Å²) in [5.74, 6) is 1.55. The van der Waals surface area contributed by atoms with Gasteiger partial charge in [-0.3, -0.25) is 0 Å². The van der Waals surface area contributed by atoms with E-state index in [2.05, 4.69) is 49.5 Å². The van der Waals surface area contributed by atoms with Crippen LogP contribution in [0.2, 0.25) is 0 Å². The van der Waals surface area contributed by atoms with Crippen LogP contribution in [0.3, 0.4) is 0 Å². The topological polar surface area (TPSA) is 30.5 Å². The Balaban J connectivity index is 2.50. The van der Waals surface area contributed by atoms with Crippen molar-refractivity contribution in [3.63, 3.8) is 0 Å². The molecule has 0 aliphatic heterocycles. The van der Waals surface area contributed by atoms with E-state index in [0.717, 1.165) is 34.5 Å². The number of ether oxygens (including phenoxy) is 2. The molecule has 0 spiro atoms. The van der Waals surface area contributed by atoms with Crippen molar-refractivity contribution >= 4 is 27.2 Å². The molecule has 0 radical (unpaired) electrons. The number of fused-ring (bicyclic) bond motifs is 3. The van der Waals surface area contributed by atoms with Crippen molar-refractivity contribution in [2.75, 3.05) is 26.1 Å². The van der Waals surface area contributed by atoms with E-state index in [0.29, 0.717) is 0 Å². The van der Waals surface area contributed by atoms with E-state index in [9.17, 15) is 0 Å². The second-order valence-electron chi connectivity index (χ2n) is 5.40. The van der Waals surface area contributed by atoms with E-state index in [1.165, 1.54) is 16.3 Å². The molecule has 3 aromatic rings. The van der Waals surface area contributed by atoms with Crippen LogP contribution in [0.5, 0.6) is 11.5 Å². The lowest BCUT2D eigenvalue weighted by molar-refractivity contribution is 0.359. The van der Waals surface area contributed by atoms with Gasteiger partial charge in [0, 0.05) is 23.0 Å². The molecule has 0 unspecified atom stereocenters. The van der Waals surface area contributed by atoms with Crippen LogP contribution in [0.15, 0.2) is 36.4 Å². The van der Waals surface area contributed by atoms with Crippen LogP contribution in [0.4, 0.5) is 5.69 Å². The minimum Gasteiger partial charge on any atom is -0.493 e. The summed E-state index contributed by atoms with van der Waals surface area (Å²) in [6.45, 7) is 5.11. The number of hydrogen-bond acceptors (Lipinski definition) is 3. The van der Waals surface area contributed by atoms with Crippen LogP contribution in [0.1, 0.15) is 12.5 Å². The van der Waals surface area contributed by atoms with Gasteiger partial charge in [0.2, 0.25) is 0 Å². The highest BCUT2D eigenvalue weighted by Gasteiger charge is 2.14. The first-order valence-electron chi connectivity index (χ1n) is 7.51. The Morgan fingerprint density at radius 2 is 1.77 bits per heavy atom. The van der Waals surface area contributed by atoms with Gasteiger partial charge in [0.15, 0.2) is 11.5 Å². The second-order valence-corrected chi connectivity index (χ2v) is 5.40. The predicted octanol–water partition coefficient (Wildman–Crippen LogP) is 4.75. The molecule has 1 N–H and O–H groups in total. The van der Waals surface area contributed by atoms with Gasteiger partial charge in [0.1, 0.15) is 0 Å². The van der Waals surface area contributed by atoms with Gasteiger partial charge in [-0.2, -0.15) is 0 Å². The van der Waals surface area contributed by atoms with Crippen molar-refractivity contribution in [3.05, 3.63) is 42.0 Å². The van der Waals surface area contributed by atoms with E-state index >= 15 is 0 Å². The van der Waals surface area contributed by atoms with Crippen LogP contribution in [-0.2, 0) is 0 Å². The highest BCUT2D eigenvalue weighted by atomic mass is 16.5. The number of benzene rings is 3. The molecule has 3 heteroatoms. The first-order valence-corrected chi connectivity index (χ1v) is 7.51. The number of aryl methyl sites for hydroxylation is 1. The van der Waals surface area contributed by atoms with E-state index in [4.69, 9.17) is 9.47 Å². The molecule has 114 valence electrons. The van der Waals surface area contributed by atoms with E-state index in [1.54, 1.807) is 14.2 Å². The van der Waals surface area contributed by atoms with Crippen molar-refractivity contribution in [1.29, 1.82) is 0 Å². The molecule has 0 amide bonds. The third-order valence-electron chi connectivity index (χ3n) is 3.98. The monoisotopic (exact) mass is 295 g/mol. The third-order valence-corrected chi connectivity index (χ3v) is 3.98. The summed E-state index contributed by atoms with van der Waals surface area (Å²) in [4.78, 5) is 0. The van der Waals surface area contributed by atoms with Crippen molar-refractivity contribution in [2.24, 2.45) is 0 Å². The van der Waals surface area contributed by atoms with E-state index in [-0.39, 0.29) is 0 Å². The van der Waals surface area contributed by atoms with Gasteiger partial charge in [0.25, 0.3) is 0 Å². The zero-order valence-corrected chi connectivity index (χ0v) is 13.5. The zero-order valence-electron chi connectivity index (χ0n) is 13.5.